The van der Waals surface area contributed by atoms with Gasteiger partial charge in [-0.2, -0.15) is 0 Å². The van der Waals surface area contributed by atoms with Crippen LogP contribution in [0.1, 0.15) is 91.5 Å². The normalized spacial score (nSPS) is 17.4. The maximum atomic E-state index is 13.9. The molecule has 2 rings (SSSR count). The zero-order chi connectivity index (χ0) is 47.4. The lowest BCUT2D eigenvalue weighted by Gasteiger charge is -2.31. The number of aliphatic hydroxyl groups is 1. The lowest BCUT2D eigenvalue weighted by Crippen LogP contribution is -2.61. The Hall–Kier alpha value is -5.67. The Morgan fingerprint density at radius 3 is 1.94 bits per heavy atom. The van der Waals surface area contributed by atoms with Gasteiger partial charge >= 0.3 is 11.9 Å². The van der Waals surface area contributed by atoms with Crippen molar-refractivity contribution in [3.8, 4) is 0 Å². The first-order chi connectivity index (χ1) is 29.7. The molecule has 1 aromatic carbocycles. The van der Waals surface area contributed by atoms with Crippen molar-refractivity contribution in [2.45, 2.75) is 141 Å². The van der Waals surface area contributed by atoms with E-state index in [1.54, 1.807) is 58.0 Å². The van der Waals surface area contributed by atoms with Gasteiger partial charge in [-0.05, 0) is 63.0 Å². The largest absolute Gasteiger partial charge is 0.481 e. The number of likely N-dealkylation sites (tertiary alicyclic amines) is 1. The predicted octanol–water partition coefficient (Wildman–Crippen LogP) is -1.75. The summed E-state index contributed by atoms with van der Waals surface area (Å²) >= 11 is 0. The van der Waals surface area contributed by atoms with Crippen molar-refractivity contribution in [1.82, 2.24) is 36.8 Å². The summed E-state index contributed by atoms with van der Waals surface area (Å²) in [5.41, 5.74) is 12.1. The highest BCUT2D eigenvalue weighted by Crippen LogP contribution is 2.20. The summed E-state index contributed by atoms with van der Waals surface area (Å²) in [5.74, 6) is -9.11. The number of nitrogens with one attached hydrogen (secondary N) is 6. The van der Waals surface area contributed by atoms with Gasteiger partial charge in [-0.3, -0.25) is 38.4 Å². The molecule has 0 aliphatic carbocycles. The third-order valence-electron chi connectivity index (χ3n) is 10.9. The van der Waals surface area contributed by atoms with Crippen molar-refractivity contribution in [3.63, 3.8) is 0 Å². The Labute approximate surface area is 367 Å². The number of carboxylic acid groups (broad SMARTS) is 2. The van der Waals surface area contributed by atoms with Crippen molar-refractivity contribution < 1.29 is 58.5 Å². The molecule has 0 radical (unpaired) electrons. The van der Waals surface area contributed by atoms with Crippen LogP contribution in [0.2, 0.25) is 0 Å². The van der Waals surface area contributed by atoms with Crippen LogP contribution in [0, 0.1) is 11.8 Å². The fraction of sp³-hybridized carbons (Fsp3) is 0.643. The van der Waals surface area contributed by atoms with Crippen molar-refractivity contribution in [2.24, 2.45) is 23.3 Å². The van der Waals surface area contributed by atoms with Gasteiger partial charge in [-0.15, -0.1) is 0 Å². The quantitative estimate of drug-likeness (QED) is 0.0437. The summed E-state index contributed by atoms with van der Waals surface area (Å²) in [6.45, 7) is 7.58. The lowest BCUT2D eigenvalue weighted by atomic mass is 9.97. The molecule has 1 aliphatic heterocycles. The molecule has 1 aliphatic rings. The number of hydrogen-bond donors (Lipinski definition) is 11. The molecule has 0 aromatic heterocycles. The fourth-order valence-corrected chi connectivity index (χ4v) is 6.86. The topological polar surface area (TPSA) is 342 Å². The van der Waals surface area contributed by atoms with Crippen LogP contribution in [0.25, 0.3) is 0 Å². The van der Waals surface area contributed by atoms with Crippen LogP contribution in [0.4, 0.5) is 0 Å². The molecule has 1 saturated heterocycles. The van der Waals surface area contributed by atoms with E-state index >= 15 is 0 Å². The van der Waals surface area contributed by atoms with E-state index in [1.165, 1.54) is 6.92 Å². The van der Waals surface area contributed by atoms with Gasteiger partial charge in [0.1, 0.15) is 42.3 Å². The van der Waals surface area contributed by atoms with Gasteiger partial charge in [-0.25, -0.2) is 4.79 Å². The predicted molar refractivity (Wildman–Crippen MR) is 229 cm³/mol. The number of nitrogens with two attached hydrogens (primary N) is 2. The number of carboxylic acids is 2. The molecule has 7 amide bonds. The maximum absolute atomic E-state index is 13.9. The monoisotopic (exact) mass is 889 g/mol. The third-order valence-corrected chi connectivity index (χ3v) is 10.9. The molecule has 1 heterocycles. The number of carbonyl (C=O) groups excluding carboxylic acids is 7. The molecule has 1 fully saturated rings. The first kappa shape index (κ1) is 53.5. The molecule has 21 heteroatoms. The second-order valence-electron chi connectivity index (χ2n) is 16.2. The van der Waals surface area contributed by atoms with Gasteiger partial charge in [0.25, 0.3) is 0 Å². The molecule has 9 atom stereocenters. The highest BCUT2D eigenvalue weighted by molar-refractivity contribution is 5.98. The van der Waals surface area contributed by atoms with Gasteiger partial charge < -0.3 is 63.6 Å². The molecule has 63 heavy (non-hydrogen) atoms. The highest BCUT2D eigenvalue weighted by Gasteiger charge is 2.40. The van der Waals surface area contributed by atoms with Crippen LogP contribution in [0.3, 0.4) is 0 Å². The summed E-state index contributed by atoms with van der Waals surface area (Å²) in [4.78, 5) is 119. The van der Waals surface area contributed by atoms with E-state index in [2.05, 4.69) is 31.9 Å². The number of hydrogen-bond acceptors (Lipinski definition) is 12. The average molecular weight is 890 g/mol. The van der Waals surface area contributed by atoms with Crippen LogP contribution in [-0.2, 0) is 49.6 Å². The van der Waals surface area contributed by atoms with Gasteiger partial charge in [-0.1, -0.05) is 70.9 Å². The van der Waals surface area contributed by atoms with Gasteiger partial charge in [0, 0.05) is 19.4 Å². The van der Waals surface area contributed by atoms with E-state index < -0.39 is 133 Å². The molecule has 0 spiro atoms. The smallest absolute Gasteiger partial charge is 0.326 e. The fourth-order valence-electron chi connectivity index (χ4n) is 6.86. The molecule has 352 valence electrons. The summed E-state index contributed by atoms with van der Waals surface area (Å²) in [6, 6.07) is -1.50. The van der Waals surface area contributed by atoms with Gasteiger partial charge in [0.05, 0.1) is 12.6 Å². The van der Waals surface area contributed by atoms with E-state index in [0.29, 0.717) is 44.2 Å². The van der Waals surface area contributed by atoms with E-state index in [4.69, 9.17) is 11.5 Å². The van der Waals surface area contributed by atoms with Crippen LogP contribution >= 0.6 is 0 Å². The number of carbonyl (C=O) groups is 9. The number of amides is 7. The minimum atomic E-state index is -1.59. The van der Waals surface area contributed by atoms with E-state index in [-0.39, 0.29) is 19.4 Å². The summed E-state index contributed by atoms with van der Waals surface area (Å²) in [5, 5.41) is 44.5. The number of rotatable bonds is 27. The Balaban J connectivity index is 2.25. The Morgan fingerprint density at radius 1 is 0.746 bits per heavy atom. The lowest BCUT2D eigenvalue weighted by molar-refractivity contribution is -0.144. The number of aliphatic carboxylic acids is 2. The van der Waals surface area contributed by atoms with Crippen molar-refractivity contribution in [2.75, 3.05) is 19.7 Å². The molecule has 0 saturated carbocycles. The Morgan fingerprint density at radius 2 is 1.37 bits per heavy atom. The van der Waals surface area contributed by atoms with Crippen LogP contribution < -0.4 is 43.4 Å². The SMILES string of the molecule is CC[C@H](C)[C@H](NC(=O)[C@@H](NC(=O)[C@H](CCC(=O)O)NC(=O)[C@@H]1CCCN1C(=O)[C@H](CO)NC(=O)[C@H](Cc1ccccc1)NC(=O)[C@H](C)NC(=O)[C@@H](N)CCCCN)C(C)C)C(=O)O. The highest BCUT2D eigenvalue weighted by atomic mass is 16.4. The van der Waals surface area contributed by atoms with Gasteiger partial charge in [0.2, 0.25) is 41.4 Å². The Bertz CT molecular complexity index is 1730. The van der Waals surface area contributed by atoms with E-state index in [0.717, 1.165) is 4.90 Å². The van der Waals surface area contributed by atoms with Crippen LogP contribution in [0.15, 0.2) is 30.3 Å². The zero-order valence-electron chi connectivity index (χ0n) is 36.8. The molecule has 0 bridgehead atoms. The minimum Gasteiger partial charge on any atom is -0.481 e. The molecular weight excluding hydrogens is 823 g/mol. The number of unbranched alkanes of at least 4 members (excludes halogenated alkanes) is 1. The van der Waals surface area contributed by atoms with Crippen molar-refractivity contribution >= 4 is 53.3 Å². The van der Waals surface area contributed by atoms with E-state index in [9.17, 15) is 58.5 Å². The number of aliphatic hydroxyl groups excluding tert-OH is 1. The minimum absolute atomic E-state index is 0.0154. The molecule has 1 aromatic rings. The van der Waals surface area contributed by atoms with E-state index in [1.807, 2.05) is 0 Å². The molecular formula is C42H67N9O12. The second kappa shape index (κ2) is 26.7. The average Bonchev–Trinajstić information content (AvgIpc) is 3.74. The van der Waals surface area contributed by atoms with Crippen molar-refractivity contribution in [3.05, 3.63) is 35.9 Å². The zero-order valence-corrected chi connectivity index (χ0v) is 36.8. The second-order valence-corrected chi connectivity index (χ2v) is 16.2. The first-order valence-corrected chi connectivity index (χ1v) is 21.4. The number of nitrogens with zero attached hydrogens (tertiary/aromatic N) is 1. The maximum Gasteiger partial charge on any atom is 0.326 e. The summed E-state index contributed by atoms with van der Waals surface area (Å²) < 4.78 is 0. The summed E-state index contributed by atoms with van der Waals surface area (Å²) in [7, 11) is 0. The van der Waals surface area contributed by atoms with Crippen LogP contribution in [-0.4, -0.2) is 142 Å². The van der Waals surface area contributed by atoms with Gasteiger partial charge in [0.15, 0.2) is 0 Å². The standard InChI is InChI=1S/C42H67N9O12/c1-6-24(4)34(42(62)63)50-40(60)33(23(2)3)49-37(57)28(17-18-32(53)54)46-39(59)31-16-12-20-51(31)41(61)30(22-52)48-38(58)29(21-26-13-8-7-9-14-26)47-35(55)25(5)45-36(56)27(44)15-10-11-19-43/h7-9,13-14,23-25,27-31,33-34,52H,6,10-12,15-22,43-44H2,1-5H3,(H,45,56)(H,46,59)(H,47,55)(H,48,58)(H,49,57)(H,50,60)(H,53,54)(H,62,63)/t24-,25-,27-,28-,29-,30-,31-,33-,34-/m0/s1. The number of benzene rings is 1. The van der Waals surface area contributed by atoms with Crippen molar-refractivity contribution in [1.29, 1.82) is 0 Å². The molecule has 13 N–H and O–H groups in total. The first-order valence-electron chi connectivity index (χ1n) is 21.4. The third kappa shape index (κ3) is 17.2. The Kier molecular flexibility index (Phi) is 22.7. The molecule has 21 nitrogen and oxygen atoms in total. The van der Waals surface area contributed by atoms with Crippen LogP contribution in [0.5, 0.6) is 0 Å². The summed E-state index contributed by atoms with van der Waals surface area (Å²) in [6.07, 6.45) is 1.47. The molecule has 0 unspecified atom stereocenters.